The van der Waals surface area contributed by atoms with E-state index in [9.17, 15) is 9.59 Å². The number of amides is 2. The van der Waals surface area contributed by atoms with Crippen LogP contribution in [-0.4, -0.2) is 27.2 Å². The molecule has 0 radical (unpaired) electrons. The average Bonchev–Trinajstić information content (AvgIpc) is 2.96. The number of hydrogen-bond donors (Lipinski definition) is 2. The summed E-state index contributed by atoms with van der Waals surface area (Å²) in [6.07, 6.45) is 1.71. The topological polar surface area (TPSA) is 75.5 Å². The van der Waals surface area contributed by atoms with E-state index in [0.717, 1.165) is 0 Å². The Balaban J connectivity index is 1.97. The van der Waals surface area contributed by atoms with Crippen molar-refractivity contribution in [1.29, 1.82) is 0 Å². The molecule has 0 saturated carbocycles. The number of pyridine rings is 1. The summed E-state index contributed by atoms with van der Waals surface area (Å²) in [5.41, 5.74) is 1.34. The van der Waals surface area contributed by atoms with Crippen LogP contribution in [0.2, 0.25) is 5.02 Å². The molecule has 25 heavy (non-hydrogen) atoms. The molecule has 1 aromatic carbocycles. The summed E-state index contributed by atoms with van der Waals surface area (Å²) in [5.74, 6) is -0.554. The van der Waals surface area contributed by atoms with E-state index in [-0.39, 0.29) is 23.5 Å². The van der Waals surface area contributed by atoms with Crippen molar-refractivity contribution in [2.24, 2.45) is 0 Å². The standard InChI is InChI=1S/C18H17ClN4O2/c1-11(2)20-18(25)16-22-15(14-5-3-4-10-23(14)16)17(24)21-13-8-6-12(19)7-9-13/h3-11H,1-2H3,(H,20,25)(H,21,24). The van der Waals surface area contributed by atoms with Gasteiger partial charge in [0.15, 0.2) is 5.69 Å². The lowest BCUT2D eigenvalue weighted by atomic mass is 10.3. The predicted molar refractivity (Wildman–Crippen MR) is 97.2 cm³/mol. The number of imidazole rings is 1. The molecule has 2 aromatic heterocycles. The first-order valence-electron chi connectivity index (χ1n) is 7.80. The number of nitrogens with one attached hydrogen (secondary N) is 2. The Labute approximate surface area is 149 Å². The third kappa shape index (κ3) is 3.64. The van der Waals surface area contributed by atoms with Gasteiger partial charge in [0.2, 0.25) is 5.82 Å². The average molecular weight is 357 g/mol. The van der Waals surface area contributed by atoms with Crippen LogP contribution in [0.4, 0.5) is 5.69 Å². The largest absolute Gasteiger partial charge is 0.347 e. The normalized spacial score (nSPS) is 10.9. The fourth-order valence-electron chi connectivity index (χ4n) is 2.42. The highest BCUT2D eigenvalue weighted by Crippen LogP contribution is 2.17. The Hall–Kier alpha value is -2.86. The van der Waals surface area contributed by atoms with E-state index in [1.54, 1.807) is 53.1 Å². The van der Waals surface area contributed by atoms with Crippen molar-refractivity contribution >= 4 is 34.6 Å². The molecule has 0 fully saturated rings. The highest BCUT2D eigenvalue weighted by Gasteiger charge is 2.21. The van der Waals surface area contributed by atoms with Gasteiger partial charge in [-0.3, -0.25) is 14.0 Å². The van der Waals surface area contributed by atoms with Gasteiger partial charge in [0.05, 0.1) is 5.52 Å². The first kappa shape index (κ1) is 17.0. The number of carbonyl (C=O) groups excluding carboxylic acids is 2. The number of fused-ring (bicyclic) bond motifs is 1. The van der Waals surface area contributed by atoms with Gasteiger partial charge in [-0.15, -0.1) is 0 Å². The molecule has 0 unspecified atom stereocenters. The Morgan fingerprint density at radius 2 is 1.80 bits per heavy atom. The molecule has 2 heterocycles. The van der Waals surface area contributed by atoms with Crippen LogP contribution in [0.15, 0.2) is 48.7 Å². The minimum absolute atomic E-state index is 0.0325. The van der Waals surface area contributed by atoms with E-state index >= 15 is 0 Å². The van der Waals surface area contributed by atoms with Crippen LogP contribution in [0.5, 0.6) is 0 Å². The van der Waals surface area contributed by atoms with Gasteiger partial charge in [0.1, 0.15) is 0 Å². The Morgan fingerprint density at radius 1 is 1.08 bits per heavy atom. The van der Waals surface area contributed by atoms with E-state index in [1.165, 1.54) is 0 Å². The number of aromatic nitrogens is 2. The van der Waals surface area contributed by atoms with Crippen LogP contribution in [0.1, 0.15) is 35.0 Å². The molecule has 6 nitrogen and oxygen atoms in total. The van der Waals surface area contributed by atoms with E-state index in [4.69, 9.17) is 11.6 Å². The molecule has 0 spiro atoms. The molecule has 128 valence electrons. The van der Waals surface area contributed by atoms with Crippen LogP contribution < -0.4 is 10.6 Å². The number of hydrogen-bond acceptors (Lipinski definition) is 3. The van der Waals surface area contributed by atoms with Crippen LogP contribution >= 0.6 is 11.6 Å². The number of carbonyl (C=O) groups is 2. The van der Waals surface area contributed by atoms with Gasteiger partial charge in [-0.25, -0.2) is 4.98 Å². The molecule has 2 N–H and O–H groups in total. The monoisotopic (exact) mass is 356 g/mol. The third-order valence-electron chi connectivity index (χ3n) is 3.49. The van der Waals surface area contributed by atoms with Crippen molar-refractivity contribution in [3.8, 4) is 0 Å². The van der Waals surface area contributed by atoms with Crippen molar-refractivity contribution < 1.29 is 9.59 Å². The summed E-state index contributed by atoms with van der Waals surface area (Å²) in [7, 11) is 0. The zero-order valence-electron chi connectivity index (χ0n) is 13.8. The SMILES string of the molecule is CC(C)NC(=O)c1nc(C(=O)Nc2ccc(Cl)cc2)c2ccccn12. The molecule has 3 aromatic rings. The fourth-order valence-corrected chi connectivity index (χ4v) is 2.54. The molecule has 0 atom stereocenters. The van der Waals surface area contributed by atoms with Crippen molar-refractivity contribution in [2.45, 2.75) is 19.9 Å². The van der Waals surface area contributed by atoms with E-state index in [0.29, 0.717) is 16.2 Å². The first-order valence-corrected chi connectivity index (χ1v) is 8.18. The summed E-state index contributed by atoms with van der Waals surface area (Å²) >= 11 is 5.85. The lowest BCUT2D eigenvalue weighted by Gasteiger charge is -2.06. The summed E-state index contributed by atoms with van der Waals surface area (Å²) in [5, 5.41) is 6.14. The maximum absolute atomic E-state index is 12.6. The second-order valence-corrected chi connectivity index (χ2v) is 6.27. The predicted octanol–water partition coefficient (Wildman–Crippen LogP) is 3.38. The van der Waals surface area contributed by atoms with Gasteiger partial charge in [-0.2, -0.15) is 0 Å². The molecule has 7 heteroatoms. The summed E-state index contributed by atoms with van der Waals surface area (Å²) < 4.78 is 1.61. The quantitative estimate of drug-likeness (QED) is 0.752. The van der Waals surface area contributed by atoms with E-state index in [2.05, 4.69) is 15.6 Å². The highest BCUT2D eigenvalue weighted by atomic mass is 35.5. The Morgan fingerprint density at radius 3 is 2.48 bits per heavy atom. The summed E-state index contributed by atoms with van der Waals surface area (Å²) in [6.45, 7) is 3.73. The van der Waals surface area contributed by atoms with E-state index in [1.807, 2.05) is 13.8 Å². The van der Waals surface area contributed by atoms with Crippen LogP contribution in [0.25, 0.3) is 5.52 Å². The maximum atomic E-state index is 12.6. The molecule has 0 aliphatic carbocycles. The molecule has 0 bridgehead atoms. The van der Waals surface area contributed by atoms with Gasteiger partial charge < -0.3 is 10.6 Å². The van der Waals surface area contributed by atoms with Crippen molar-refractivity contribution in [3.05, 3.63) is 65.2 Å². The molecule has 3 rings (SSSR count). The molecular weight excluding hydrogens is 340 g/mol. The second kappa shape index (κ2) is 6.94. The first-order chi connectivity index (χ1) is 12.0. The lowest BCUT2D eigenvalue weighted by Crippen LogP contribution is -2.31. The zero-order valence-corrected chi connectivity index (χ0v) is 14.5. The molecule has 0 aliphatic heterocycles. The lowest BCUT2D eigenvalue weighted by molar-refractivity contribution is 0.0932. The number of anilines is 1. The van der Waals surface area contributed by atoms with Crippen LogP contribution in [0.3, 0.4) is 0 Å². The second-order valence-electron chi connectivity index (χ2n) is 5.83. The Kier molecular flexibility index (Phi) is 4.72. The van der Waals surface area contributed by atoms with Crippen LogP contribution in [-0.2, 0) is 0 Å². The van der Waals surface area contributed by atoms with Gasteiger partial charge in [0.25, 0.3) is 11.8 Å². The fraction of sp³-hybridized carbons (Fsp3) is 0.167. The molecule has 0 aliphatic rings. The zero-order chi connectivity index (χ0) is 18.0. The summed E-state index contributed by atoms with van der Waals surface area (Å²) in [4.78, 5) is 29.2. The van der Waals surface area contributed by atoms with Crippen molar-refractivity contribution in [3.63, 3.8) is 0 Å². The van der Waals surface area contributed by atoms with Crippen molar-refractivity contribution in [2.75, 3.05) is 5.32 Å². The third-order valence-corrected chi connectivity index (χ3v) is 3.74. The summed E-state index contributed by atoms with van der Waals surface area (Å²) in [6, 6.07) is 12.1. The number of rotatable bonds is 4. The van der Waals surface area contributed by atoms with Crippen molar-refractivity contribution in [1.82, 2.24) is 14.7 Å². The number of benzene rings is 1. The maximum Gasteiger partial charge on any atom is 0.287 e. The van der Waals surface area contributed by atoms with Gasteiger partial charge in [-0.1, -0.05) is 17.7 Å². The minimum atomic E-state index is -0.394. The van der Waals surface area contributed by atoms with Gasteiger partial charge in [-0.05, 0) is 50.2 Å². The van der Waals surface area contributed by atoms with Gasteiger partial charge >= 0.3 is 0 Å². The van der Waals surface area contributed by atoms with Gasteiger partial charge in [0, 0.05) is 22.9 Å². The van der Waals surface area contributed by atoms with Crippen LogP contribution in [0, 0.1) is 0 Å². The molecular formula is C18H17ClN4O2. The highest BCUT2D eigenvalue weighted by molar-refractivity contribution is 6.30. The molecule has 2 amide bonds. The smallest absolute Gasteiger partial charge is 0.287 e. The molecule has 0 saturated heterocycles. The number of nitrogens with zero attached hydrogens (tertiary/aromatic N) is 2. The Bertz CT molecular complexity index is 932. The van der Waals surface area contributed by atoms with E-state index < -0.39 is 5.91 Å². The minimum Gasteiger partial charge on any atom is -0.347 e. The number of halogens is 1.